The summed E-state index contributed by atoms with van der Waals surface area (Å²) in [6, 6.07) is 4.54. The summed E-state index contributed by atoms with van der Waals surface area (Å²) in [7, 11) is 0. The zero-order chi connectivity index (χ0) is 20.7. The topological polar surface area (TPSA) is 95.8 Å². The molecule has 0 bridgehead atoms. The van der Waals surface area contributed by atoms with Crippen LogP contribution in [0.25, 0.3) is 28.4 Å². The molecule has 1 fully saturated rings. The fraction of sp³-hybridized carbons (Fsp3) is 0.300. The maximum Gasteiger partial charge on any atom is 0.181 e. The molecule has 10 heteroatoms. The fourth-order valence-electron chi connectivity index (χ4n) is 3.68. The average Bonchev–Trinajstić information content (AvgIpc) is 3.36. The SMILES string of the molecule is Cc1nc(-c2ccn3c(-c4nc(NC5CCCNC5)c(F)cc4F)cnc3c2)n[nH]1. The number of aryl methyl sites for hydroxylation is 1. The van der Waals surface area contributed by atoms with Gasteiger partial charge in [-0.25, -0.2) is 23.7 Å². The van der Waals surface area contributed by atoms with Gasteiger partial charge < -0.3 is 10.6 Å². The molecule has 0 spiro atoms. The number of aromatic nitrogens is 6. The van der Waals surface area contributed by atoms with E-state index in [1.54, 1.807) is 16.7 Å². The van der Waals surface area contributed by atoms with Crippen LogP contribution in [0.2, 0.25) is 0 Å². The third-order valence-electron chi connectivity index (χ3n) is 5.18. The van der Waals surface area contributed by atoms with E-state index in [1.165, 1.54) is 6.20 Å². The Morgan fingerprint density at radius 1 is 1.20 bits per heavy atom. The number of aromatic amines is 1. The van der Waals surface area contributed by atoms with Crippen molar-refractivity contribution >= 4 is 11.5 Å². The lowest BCUT2D eigenvalue weighted by Gasteiger charge is -2.24. The van der Waals surface area contributed by atoms with E-state index in [0.29, 0.717) is 29.5 Å². The lowest BCUT2D eigenvalue weighted by atomic mass is 10.1. The van der Waals surface area contributed by atoms with E-state index in [-0.39, 0.29) is 17.6 Å². The molecule has 8 nitrogen and oxygen atoms in total. The molecule has 5 rings (SSSR count). The lowest BCUT2D eigenvalue weighted by molar-refractivity contribution is 0.475. The first-order valence-corrected chi connectivity index (χ1v) is 9.78. The first-order chi connectivity index (χ1) is 14.6. The first kappa shape index (κ1) is 18.6. The average molecular weight is 410 g/mol. The van der Waals surface area contributed by atoms with E-state index < -0.39 is 11.6 Å². The zero-order valence-corrected chi connectivity index (χ0v) is 16.3. The third-order valence-corrected chi connectivity index (χ3v) is 5.18. The number of imidazole rings is 1. The molecular weight excluding hydrogens is 390 g/mol. The van der Waals surface area contributed by atoms with E-state index in [4.69, 9.17) is 0 Å². The number of halogens is 2. The predicted octanol–water partition coefficient (Wildman–Crippen LogP) is 2.93. The van der Waals surface area contributed by atoms with Crippen LogP contribution in [0.1, 0.15) is 18.7 Å². The smallest absolute Gasteiger partial charge is 0.181 e. The molecule has 0 aromatic carbocycles. The number of rotatable bonds is 4. The lowest BCUT2D eigenvalue weighted by Crippen LogP contribution is -2.38. The molecule has 1 aliphatic rings. The minimum atomic E-state index is -0.740. The molecule has 1 aliphatic heterocycles. The molecule has 1 unspecified atom stereocenters. The number of fused-ring (bicyclic) bond motifs is 1. The van der Waals surface area contributed by atoms with Crippen LogP contribution in [0.4, 0.5) is 14.6 Å². The van der Waals surface area contributed by atoms with E-state index in [2.05, 4.69) is 35.8 Å². The van der Waals surface area contributed by atoms with E-state index in [9.17, 15) is 8.78 Å². The molecule has 1 atom stereocenters. The number of pyridine rings is 2. The molecule has 4 aromatic heterocycles. The monoisotopic (exact) mass is 410 g/mol. The highest BCUT2D eigenvalue weighted by molar-refractivity contribution is 5.67. The van der Waals surface area contributed by atoms with Crippen molar-refractivity contribution in [2.45, 2.75) is 25.8 Å². The summed E-state index contributed by atoms with van der Waals surface area (Å²) in [6.45, 7) is 3.48. The molecule has 0 amide bonds. The molecule has 5 heterocycles. The number of nitrogens with one attached hydrogen (secondary N) is 3. The number of hydrogen-bond donors (Lipinski definition) is 3. The van der Waals surface area contributed by atoms with Gasteiger partial charge in [-0.15, -0.1) is 0 Å². The third kappa shape index (κ3) is 3.39. The van der Waals surface area contributed by atoms with Crippen LogP contribution in [0.15, 0.2) is 30.6 Å². The number of piperidine rings is 1. The van der Waals surface area contributed by atoms with Crippen molar-refractivity contribution < 1.29 is 8.78 Å². The Hall–Kier alpha value is -3.40. The normalized spacial score (nSPS) is 16.8. The van der Waals surface area contributed by atoms with Crippen molar-refractivity contribution in [3.63, 3.8) is 0 Å². The molecule has 154 valence electrons. The summed E-state index contributed by atoms with van der Waals surface area (Å²) in [4.78, 5) is 12.9. The summed E-state index contributed by atoms with van der Waals surface area (Å²) in [5, 5.41) is 13.3. The van der Waals surface area contributed by atoms with Crippen LogP contribution in [0.3, 0.4) is 0 Å². The summed E-state index contributed by atoms with van der Waals surface area (Å²) in [5.41, 5.74) is 1.84. The molecule has 3 N–H and O–H groups in total. The van der Waals surface area contributed by atoms with Gasteiger partial charge in [-0.05, 0) is 38.4 Å². The molecule has 4 aromatic rings. The van der Waals surface area contributed by atoms with Crippen LogP contribution >= 0.6 is 0 Å². The Morgan fingerprint density at radius 2 is 2.10 bits per heavy atom. The van der Waals surface area contributed by atoms with Crippen LogP contribution in [-0.4, -0.2) is 48.7 Å². The quantitative estimate of drug-likeness (QED) is 0.479. The summed E-state index contributed by atoms with van der Waals surface area (Å²) < 4.78 is 30.7. The highest BCUT2D eigenvalue weighted by Gasteiger charge is 2.20. The summed E-state index contributed by atoms with van der Waals surface area (Å²) >= 11 is 0. The van der Waals surface area contributed by atoms with Gasteiger partial charge in [0.2, 0.25) is 0 Å². The number of hydrogen-bond acceptors (Lipinski definition) is 6. The van der Waals surface area contributed by atoms with Gasteiger partial charge in [0.15, 0.2) is 23.3 Å². The molecule has 0 aliphatic carbocycles. The number of nitrogens with zero attached hydrogens (tertiary/aromatic N) is 5. The highest BCUT2D eigenvalue weighted by Crippen LogP contribution is 2.27. The van der Waals surface area contributed by atoms with Gasteiger partial charge in [0.05, 0.1) is 11.9 Å². The van der Waals surface area contributed by atoms with Crippen molar-refractivity contribution in [1.82, 2.24) is 34.9 Å². The summed E-state index contributed by atoms with van der Waals surface area (Å²) in [5.74, 6) is -0.144. The van der Waals surface area contributed by atoms with Crippen LogP contribution < -0.4 is 10.6 Å². The Balaban J connectivity index is 1.52. The molecule has 0 saturated carbocycles. The largest absolute Gasteiger partial charge is 0.364 e. The molecular formula is C20H20F2N8. The fourth-order valence-corrected chi connectivity index (χ4v) is 3.68. The van der Waals surface area contributed by atoms with Crippen molar-refractivity contribution in [2.24, 2.45) is 0 Å². The molecule has 1 saturated heterocycles. The van der Waals surface area contributed by atoms with Crippen LogP contribution in [-0.2, 0) is 0 Å². The van der Waals surface area contributed by atoms with Crippen LogP contribution in [0, 0.1) is 18.6 Å². The predicted molar refractivity (Wildman–Crippen MR) is 108 cm³/mol. The Kier molecular flexibility index (Phi) is 4.62. The zero-order valence-electron chi connectivity index (χ0n) is 16.3. The molecule has 0 radical (unpaired) electrons. The van der Waals surface area contributed by atoms with Gasteiger partial charge in [-0.3, -0.25) is 9.50 Å². The van der Waals surface area contributed by atoms with E-state index in [0.717, 1.165) is 31.0 Å². The van der Waals surface area contributed by atoms with E-state index in [1.807, 2.05) is 13.0 Å². The van der Waals surface area contributed by atoms with Gasteiger partial charge in [-0.2, -0.15) is 5.10 Å². The van der Waals surface area contributed by atoms with E-state index >= 15 is 0 Å². The van der Waals surface area contributed by atoms with Crippen molar-refractivity contribution in [3.8, 4) is 22.8 Å². The van der Waals surface area contributed by atoms with Crippen molar-refractivity contribution in [3.05, 3.63) is 48.1 Å². The Morgan fingerprint density at radius 3 is 2.87 bits per heavy atom. The summed E-state index contributed by atoms with van der Waals surface area (Å²) in [6.07, 6.45) is 5.17. The number of anilines is 1. The maximum atomic E-state index is 14.6. The standard InChI is InChI=1S/C20H20F2N8/c1-11-25-19(29-28-11)12-4-6-30-16(10-24-17(30)7-12)18-14(21)8-15(22)20(27-18)26-13-3-2-5-23-9-13/h4,6-8,10,13,23H,2-3,5,9H2,1H3,(H,26,27)(H,25,28,29). The minimum absolute atomic E-state index is 0.0386. The van der Waals surface area contributed by atoms with Gasteiger partial charge in [-0.1, -0.05) is 0 Å². The molecule has 30 heavy (non-hydrogen) atoms. The van der Waals surface area contributed by atoms with Crippen molar-refractivity contribution in [1.29, 1.82) is 0 Å². The highest BCUT2D eigenvalue weighted by atomic mass is 19.1. The first-order valence-electron chi connectivity index (χ1n) is 9.78. The second kappa shape index (κ2) is 7.45. The van der Waals surface area contributed by atoms with Gasteiger partial charge in [0.25, 0.3) is 0 Å². The Bertz CT molecular complexity index is 1210. The maximum absolute atomic E-state index is 14.6. The van der Waals surface area contributed by atoms with Crippen LogP contribution in [0.5, 0.6) is 0 Å². The second-order valence-electron chi connectivity index (χ2n) is 7.37. The van der Waals surface area contributed by atoms with Gasteiger partial charge in [0, 0.05) is 30.4 Å². The van der Waals surface area contributed by atoms with Crippen molar-refractivity contribution in [2.75, 3.05) is 18.4 Å². The Labute approximate surface area is 170 Å². The second-order valence-corrected chi connectivity index (χ2v) is 7.37. The number of H-pyrrole nitrogens is 1. The minimum Gasteiger partial charge on any atom is -0.364 e. The van der Waals surface area contributed by atoms with Gasteiger partial charge >= 0.3 is 0 Å². The van der Waals surface area contributed by atoms with Gasteiger partial charge in [0.1, 0.15) is 17.2 Å².